The Kier molecular flexibility index (Phi) is 6.24. The molecule has 1 aromatic rings. The van der Waals surface area contributed by atoms with Crippen LogP contribution in [-0.2, 0) is 11.2 Å². The average Bonchev–Trinajstić information content (AvgIpc) is 2.82. The first-order valence-corrected chi connectivity index (χ1v) is 8.00. The molecule has 3 rings (SSSR count). The zero-order valence-electron chi connectivity index (χ0n) is 12.8. The summed E-state index contributed by atoms with van der Waals surface area (Å²) in [5.41, 5.74) is 2.22. The van der Waals surface area contributed by atoms with Gasteiger partial charge in [-0.2, -0.15) is 0 Å². The zero-order chi connectivity index (χ0) is 14.7. The smallest absolute Gasteiger partial charge is 0.220 e. The lowest BCUT2D eigenvalue weighted by molar-refractivity contribution is -0.123. The largest absolute Gasteiger partial charge is 0.390 e. The Labute approximate surface area is 138 Å². The van der Waals surface area contributed by atoms with Crippen LogP contribution in [-0.4, -0.2) is 30.2 Å². The quantitative estimate of drug-likeness (QED) is 0.793. The Morgan fingerprint density at radius 2 is 2.00 bits per heavy atom. The first-order chi connectivity index (χ1) is 10.2. The van der Waals surface area contributed by atoms with E-state index in [-0.39, 0.29) is 24.4 Å². The second-order valence-corrected chi connectivity index (χ2v) is 6.25. The summed E-state index contributed by atoms with van der Waals surface area (Å²) in [6.45, 7) is 2.14. The maximum Gasteiger partial charge on any atom is 0.220 e. The molecule has 0 aromatic heterocycles. The van der Waals surface area contributed by atoms with Crippen LogP contribution >= 0.6 is 12.4 Å². The van der Waals surface area contributed by atoms with E-state index in [1.54, 1.807) is 0 Å². The SMILES string of the molecule is Cl.O=C(CCC1CCNCC1)N[C@@H]1c2ccccc2C[C@@H]1O. The predicted molar refractivity (Wildman–Crippen MR) is 89.1 cm³/mol. The molecule has 1 fully saturated rings. The van der Waals surface area contributed by atoms with Crippen LogP contribution in [0.2, 0.25) is 0 Å². The van der Waals surface area contributed by atoms with Gasteiger partial charge < -0.3 is 15.7 Å². The molecule has 2 atom stereocenters. The number of carbonyl (C=O) groups excluding carboxylic acids is 1. The summed E-state index contributed by atoms with van der Waals surface area (Å²) < 4.78 is 0. The van der Waals surface area contributed by atoms with Crippen LogP contribution in [0.3, 0.4) is 0 Å². The Morgan fingerprint density at radius 3 is 2.77 bits per heavy atom. The van der Waals surface area contributed by atoms with E-state index in [0.717, 1.165) is 30.6 Å². The van der Waals surface area contributed by atoms with Crippen molar-refractivity contribution < 1.29 is 9.90 Å². The highest BCUT2D eigenvalue weighted by Gasteiger charge is 2.31. The Hall–Kier alpha value is -1.10. The molecule has 3 N–H and O–H groups in total. The van der Waals surface area contributed by atoms with E-state index in [4.69, 9.17) is 0 Å². The van der Waals surface area contributed by atoms with Crippen LogP contribution in [0, 0.1) is 5.92 Å². The average molecular weight is 325 g/mol. The minimum Gasteiger partial charge on any atom is -0.390 e. The number of benzene rings is 1. The van der Waals surface area contributed by atoms with E-state index in [0.29, 0.717) is 18.8 Å². The third kappa shape index (κ3) is 4.00. The van der Waals surface area contributed by atoms with Crippen molar-refractivity contribution in [3.8, 4) is 0 Å². The highest BCUT2D eigenvalue weighted by atomic mass is 35.5. The van der Waals surface area contributed by atoms with Gasteiger partial charge in [-0.15, -0.1) is 12.4 Å². The summed E-state index contributed by atoms with van der Waals surface area (Å²) in [4.78, 5) is 12.2. The molecule has 0 saturated carbocycles. The van der Waals surface area contributed by atoms with E-state index in [1.165, 1.54) is 12.8 Å². The maximum absolute atomic E-state index is 12.2. The van der Waals surface area contributed by atoms with Gasteiger partial charge in [0.1, 0.15) is 0 Å². The number of carbonyl (C=O) groups is 1. The number of fused-ring (bicyclic) bond motifs is 1. The summed E-state index contributed by atoms with van der Waals surface area (Å²) >= 11 is 0. The number of piperidine rings is 1. The summed E-state index contributed by atoms with van der Waals surface area (Å²) in [6, 6.07) is 7.74. The van der Waals surface area contributed by atoms with Crippen molar-refractivity contribution in [1.82, 2.24) is 10.6 Å². The van der Waals surface area contributed by atoms with Crippen molar-refractivity contribution in [2.24, 2.45) is 5.92 Å². The molecule has 4 nitrogen and oxygen atoms in total. The molecular formula is C17H25ClN2O2. The molecule has 22 heavy (non-hydrogen) atoms. The molecule has 1 aliphatic heterocycles. The minimum absolute atomic E-state index is 0. The van der Waals surface area contributed by atoms with Crippen molar-refractivity contribution >= 4 is 18.3 Å². The fourth-order valence-electron chi connectivity index (χ4n) is 3.50. The van der Waals surface area contributed by atoms with E-state index in [9.17, 15) is 9.90 Å². The third-order valence-electron chi connectivity index (χ3n) is 4.76. The number of hydrogen-bond acceptors (Lipinski definition) is 3. The molecule has 5 heteroatoms. The fraction of sp³-hybridized carbons (Fsp3) is 0.588. The van der Waals surface area contributed by atoms with Crippen molar-refractivity contribution in [2.45, 2.75) is 44.2 Å². The first kappa shape index (κ1) is 17.3. The summed E-state index contributed by atoms with van der Waals surface area (Å²) in [6.07, 6.45) is 4.00. The van der Waals surface area contributed by atoms with E-state index in [1.807, 2.05) is 24.3 Å². The Balaban J connectivity index is 0.00000176. The monoisotopic (exact) mass is 324 g/mol. The molecule has 0 unspecified atom stereocenters. The van der Waals surface area contributed by atoms with E-state index >= 15 is 0 Å². The van der Waals surface area contributed by atoms with Gasteiger partial charge >= 0.3 is 0 Å². The van der Waals surface area contributed by atoms with Gasteiger partial charge in [0.25, 0.3) is 0 Å². The molecular weight excluding hydrogens is 300 g/mol. The van der Waals surface area contributed by atoms with Crippen LogP contribution in [0.4, 0.5) is 0 Å². The van der Waals surface area contributed by atoms with Gasteiger partial charge in [-0.25, -0.2) is 0 Å². The number of nitrogens with one attached hydrogen (secondary N) is 2. The Morgan fingerprint density at radius 1 is 1.27 bits per heavy atom. The fourth-order valence-corrected chi connectivity index (χ4v) is 3.50. The van der Waals surface area contributed by atoms with Gasteiger partial charge in [0.2, 0.25) is 5.91 Å². The molecule has 1 amide bonds. The summed E-state index contributed by atoms with van der Waals surface area (Å²) in [7, 11) is 0. The van der Waals surface area contributed by atoms with Gasteiger partial charge in [-0.3, -0.25) is 4.79 Å². The number of rotatable bonds is 4. The van der Waals surface area contributed by atoms with E-state index in [2.05, 4.69) is 10.6 Å². The van der Waals surface area contributed by atoms with Crippen LogP contribution in [0.15, 0.2) is 24.3 Å². The van der Waals surface area contributed by atoms with Gasteiger partial charge in [-0.1, -0.05) is 24.3 Å². The zero-order valence-corrected chi connectivity index (χ0v) is 13.6. The van der Waals surface area contributed by atoms with E-state index < -0.39 is 6.10 Å². The van der Waals surface area contributed by atoms with Crippen LogP contribution in [0.25, 0.3) is 0 Å². The molecule has 1 heterocycles. The topological polar surface area (TPSA) is 61.4 Å². The molecule has 0 radical (unpaired) electrons. The molecule has 1 aromatic carbocycles. The van der Waals surface area contributed by atoms with Crippen molar-refractivity contribution in [1.29, 1.82) is 0 Å². The number of aliphatic hydroxyl groups excluding tert-OH is 1. The predicted octanol–water partition coefficient (Wildman–Crippen LogP) is 1.96. The number of aliphatic hydroxyl groups is 1. The third-order valence-corrected chi connectivity index (χ3v) is 4.76. The van der Waals surface area contributed by atoms with Gasteiger partial charge in [0, 0.05) is 12.8 Å². The summed E-state index contributed by atoms with van der Waals surface area (Å²) in [5.74, 6) is 0.729. The maximum atomic E-state index is 12.2. The van der Waals surface area contributed by atoms with Crippen molar-refractivity contribution in [3.63, 3.8) is 0 Å². The normalized spacial score (nSPS) is 24.4. The summed E-state index contributed by atoms with van der Waals surface area (Å²) in [5, 5.41) is 16.5. The lowest BCUT2D eigenvalue weighted by atomic mass is 9.93. The standard InChI is InChI=1S/C17H24N2O2.ClH/c20-15-11-13-3-1-2-4-14(13)17(15)19-16(21)6-5-12-7-9-18-10-8-12;/h1-4,12,15,17-18,20H,5-11H2,(H,19,21);1H/t15-,17+;/m0./s1. The second kappa shape index (κ2) is 7.95. The molecule has 2 aliphatic rings. The van der Waals surface area contributed by atoms with Crippen molar-refractivity contribution in [2.75, 3.05) is 13.1 Å². The van der Waals surface area contributed by atoms with Crippen LogP contribution in [0.1, 0.15) is 42.9 Å². The Bertz CT molecular complexity index is 503. The molecule has 1 aliphatic carbocycles. The van der Waals surface area contributed by atoms with Crippen molar-refractivity contribution in [3.05, 3.63) is 35.4 Å². The van der Waals surface area contributed by atoms with Crippen LogP contribution in [0.5, 0.6) is 0 Å². The number of amides is 1. The van der Waals surface area contributed by atoms with Crippen LogP contribution < -0.4 is 10.6 Å². The lowest BCUT2D eigenvalue weighted by Crippen LogP contribution is -2.34. The van der Waals surface area contributed by atoms with Gasteiger partial charge in [0.15, 0.2) is 0 Å². The molecule has 0 bridgehead atoms. The second-order valence-electron chi connectivity index (χ2n) is 6.25. The number of hydrogen-bond donors (Lipinski definition) is 3. The molecule has 122 valence electrons. The lowest BCUT2D eigenvalue weighted by Gasteiger charge is -2.23. The molecule has 0 spiro atoms. The van der Waals surface area contributed by atoms with Gasteiger partial charge in [0.05, 0.1) is 12.1 Å². The highest BCUT2D eigenvalue weighted by molar-refractivity contribution is 5.85. The van der Waals surface area contributed by atoms with Gasteiger partial charge in [-0.05, 0) is 49.4 Å². The first-order valence-electron chi connectivity index (χ1n) is 8.00. The minimum atomic E-state index is -0.495. The number of halogens is 1. The molecule has 1 saturated heterocycles. The highest BCUT2D eigenvalue weighted by Crippen LogP contribution is 2.31.